The van der Waals surface area contributed by atoms with Crippen molar-refractivity contribution in [1.29, 1.82) is 0 Å². The summed E-state index contributed by atoms with van der Waals surface area (Å²) in [6.07, 6.45) is -3.02. The predicted octanol–water partition coefficient (Wildman–Crippen LogP) is 4.04. The highest BCUT2D eigenvalue weighted by Crippen LogP contribution is 2.29. The molecular formula is C17H14BrF3N2O3. The standard InChI is InChI=1S/C17H14BrF3N2O3/c18-13-5-3-8-22-15(13)25-11-7-9-23(10-11)16(24)12-4-1-2-6-14(12)26-17(19,20)21/h1-6,8,11H,7,9-10H2. The summed E-state index contributed by atoms with van der Waals surface area (Å²) in [7, 11) is 0. The third-order valence-electron chi connectivity index (χ3n) is 3.78. The molecule has 9 heteroatoms. The van der Waals surface area contributed by atoms with Crippen molar-refractivity contribution in [3.8, 4) is 11.6 Å². The van der Waals surface area contributed by atoms with E-state index >= 15 is 0 Å². The van der Waals surface area contributed by atoms with Crippen LogP contribution in [0.5, 0.6) is 11.6 Å². The van der Waals surface area contributed by atoms with E-state index in [4.69, 9.17) is 4.74 Å². The number of pyridine rings is 1. The number of halogens is 4. The monoisotopic (exact) mass is 430 g/mol. The molecule has 1 atom stereocenters. The minimum atomic E-state index is -4.86. The number of hydrogen-bond donors (Lipinski definition) is 0. The lowest BCUT2D eigenvalue weighted by molar-refractivity contribution is -0.274. The van der Waals surface area contributed by atoms with Crippen LogP contribution in [0.4, 0.5) is 13.2 Å². The molecule has 1 amide bonds. The second kappa shape index (κ2) is 7.53. The normalized spacial score (nSPS) is 17.2. The van der Waals surface area contributed by atoms with Crippen molar-refractivity contribution in [3.63, 3.8) is 0 Å². The number of amides is 1. The summed E-state index contributed by atoms with van der Waals surface area (Å²) in [5.74, 6) is -0.634. The number of para-hydroxylation sites is 1. The first-order valence-corrected chi connectivity index (χ1v) is 8.54. The fourth-order valence-electron chi connectivity index (χ4n) is 2.65. The van der Waals surface area contributed by atoms with Gasteiger partial charge in [0.15, 0.2) is 0 Å². The number of rotatable bonds is 4. The van der Waals surface area contributed by atoms with Crippen molar-refractivity contribution in [2.24, 2.45) is 0 Å². The summed E-state index contributed by atoms with van der Waals surface area (Å²) in [5, 5.41) is 0. The first-order chi connectivity index (χ1) is 12.3. The number of likely N-dealkylation sites (tertiary alicyclic amines) is 1. The maximum absolute atomic E-state index is 12.6. The fourth-order valence-corrected chi connectivity index (χ4v) is 3.00. The van der Waals surface area contributed by atoms with Crippen LogP contribution in [0.3, 0.4) is 0 Å². The quantitative estimate of drug-likeness (QED) is 0.734. The summed E-state index contributed by atoms with van der Waals surface area (Å²) in [6, 6.07) is 8.84. The van der Waals surface area contributed by atoms with Gasteiger partial charge in [-0.1, -0.05) is 12.1 Å². The van der Waals surface area contributed by atoms with Gasteiger partial charge in [-0.15, -0.1) is 13.2 Å². The highest BCUT2D eigenvalue weighted by atomic mass is 79.9. The lowest BCUT2D eigenvalue weighted by Crippen LogP contribution is -2.32. The number of carbonyl (C=O) groups excluding carboxylic acids is 1. The van der Waals surface area contributed by atoms with Gasteiger partial charge in [-0.25, -0.2) is 4.98 Å². The third kappa shape index (κ3) is 4.46. The van der Waals surface area contributed by atoms with Crippen LogP contribution in [-0.2, 0) is 0 Å². The maximum Gasteiger partial charge on any atom is 0.573 e. The Morgan fingerprint density at radius 3 is 2.73 bits per heavy atom. The van der Waals surface area contributed by atoms with Crippen LogP contribution in [-0.4, -0.2) is 41.3 Å². The highest BCUT2D eigenvalue weighted by Gasteiger charge is 2.35. The Bertz CT molecular complexity index is 801. The van der Waals surface area contributed by atoms with E-state index in [0.29, 0.717) is 23.3 Å². The smallest absolute Gasteiger partial charge is 0.472 e. The molecule has 2 heterocycles. The second-order valence-corrected chi connectivity index (χ2v) is 6.47. The number of nitrogens with zero attached hydrogens (tertiary/aromatic N) is 2. The van der Waals surface area contributed by atoms with Gasteiger partial charge in [-0.3, -0.25) is 4.79 Å². The molecule has 0 N–H and O–H groups in total. The number of hydrogen-bond acceptors (Lipinski definition) is 4. The lowest BCUT2D eigenvalue weighted by Gasteiger charge is -2.19. The van der Waals surface area contributed by atoms with Crippen molar-refractivity contribution >= 4 is 21.8 Å². The third-order valence-corrected chi connectivity index (χ3v) is 4.38. The molecule has 1 fully saturated rings. The van der Waals surface area contributed by atoms with E-state index in [9.17, 15) is 18.0 Å². The van der Waals surface area contributed by atoms with E-state index in [2.05, 4.69) is 25.7 Å². The minimum Gasteiger partial charge on any atom is -0.472 e. The van der Waals surface area contributed by atoms with Crippen LogP contribution in [0.25, 0.3) is 0 Å². The van der Waals surface area contributed by atoms with E-state index in [1.54, 1.807) is 18.3 Å². The SMILES string of the molecule is O=C(c1ccccc1OC(F)(F)F)N1CCC(Oc2ncccc2Br)C1. The van der Waals surface area contributed by atoms with Gasteiger partial charge >= 0.3 is 6.36 Å². The summed E-state index contributed by atoms with van der Waals surface area (Å²) >= 11 is 3.33. The Balaban J connectivity index is 1.69. The van der Waals surface area contributed by atoms with Crippen molar-refractivity contribution in [2.45, 2.75) is 18.9 Å². The summed E-state index contributed by atoms with van der Waals surface area (Å²) in [4.78, 5) is 18.2. The summed E-state index contributed by atoms with van der Waals surface area (Å²) < 4.78 is 48.0. The molecule has 0 bridgehead atoms. The minimum absolute atomic E-state index is 0.135. The van der Waals surface area contributed by atoms with Gasteiger partial charge in [0.05, 0.1) is 16.6 Å². The first-order valence-electron chi connectivity index (χ1n) is 7.75. The highest BCUT2D eigenvalue weighted by molar-refractivity contribution is 9.10. The Morgan fingerprint density at radius 1 is 1.23 bits per heavy atom. The zero-order chi connectivity index (χ0) is 18.7. The van der Waals surface area contributed by atoms with E-state index in [-0.39, 0.29) is 18.2 Å². The number of carbonyl (C=O) groups is 1. The van der Waals surface area contributed by atoms with Crippen LogP contribution < -0.4 is 9.47 Å². The van der Waals surface area contributed by atoms with E-state index in [0.717, 1.165) is 6.07 Å². The van der Waals surface area contributed by atoms with Gasteiger partial charge in [0.2, 0.25) is 5.88 Å². The molecule has 0 aliphatic carbocycles. The molecule has 1 saturated heterocycles. The summed E-state index contributed by atoms with van der Waals surface area (Å²) in [5.41, 5.74) is -0.135. The lowest BCUT2D eigenvalue weighted by atomic mass is 10.2. The van der Waals surface area contributed by atoms with Gasteiger partial charge in [0.25, 0.3) is 5.91 Å². The van der Waals surface area contributed by atoms with Crippen molar-refractivity contribution in [3.05, 3.63) is 52.6 Å². The molecule has 26 heavy (non-hydrogen) atoms. The van der Waals surface area contributed by atoms with Crippen LogP contribution in [0.2, 0.25) is 0 Å². The van der Waals surface area contributed by atoms with Crippen molar-refractivity contribution < 1.29 is 27.4 Å². The largest absolute Gasteiger partial charge is 0.573 e. The Hall–Kier alpha value is -2.29. The zero-order valence-electron chi connectivity index (χ0n) is 13.4. The summed E-state index contributed by atoms with van der Waals surface area (Å²) in [6.45, 7) is 0.622. The molecular weight excluding hydrogens is 417 g/mol. The topological polar surface area (TPSA) is 51.7 Å². The van der Waals surface area contributed by atoms with Crippen LogP contribution in [0, 0.1) is 0 Å². The molecule has 1 unspecified atom stereocenters. The molecule has 2 aromatic rings. The molecule has 138 valence electrons. The molecule has 1 aliphatic rings. The molecule has 1 aromatic carbocycles. The number of ether oxygens (including phenoxy) is 2. The zero-order valence-corrected chi connectivity index (χ0v) is 15.0. The molecule has 3 rings (SSSR count). The fraction of sp³-hybridized carbons (Fsp3) is 0.294. The maximum atomic E-state index is 12.6. The Kier molecular flexibility index (Phi) is 5.36. The first kappa shape index (κ1) is 18.5. The molecule has 0 radical (unpaired) electrons. The average molecular weight is 431 g/mol. The van der Waals surface area contributed by atoms with Gasteiger partial charge in [-0.2, -0.15) is 0 Å². The van der Waals surface area contributed by atoms with Crippen LogP contribution >= 0.6 is 15.9 Å². The van der Waals surface area contributed by atoms with Gasteiger partial charge in [0.1, 0.15) is 11.9 Å². The average Bonchev–Trinajstić information content (AvgIpc) is 3.04. The predicted molar refractivity (Wildman–Crippen MR) is 90.0 cm³/mol. The van der Waals surface area contributed by atoms with Gasteiger partial charge < -0.3 is 14.4 Å². The van der Waals surface area contributed by atoms with Crippen molar-refractivity contribution in [1.82, 2.24) is 9.88 Å². The van der Waals surface area contributed by atoms with Gasteiger partial charge in [-0.05, 0) is 40.2 Å². The number of alkyl halides is 3. The Labute approximate surface area is 155 Å². The van der Waals surface area contributed by atoms with E-state index in [1.807, 2.05) is 0 Å². The molecule has 0 spiro atoms. The van der Waals surface area contributed by atoms with Crippen molar-refractivity contribution in [2.75, 3.05) is 13.1 Å². The number of benzene rings is 1. The molecule has 1 aromatic heterocycles. The molecule has 5 nitrogen and oxygen atoms in total. The number of aromatic nitrogens is 1. The Morgan fingerprint density at radius 2 is 2.00 bits per heavy atom. The van der Waals surface area contributed by atoms with Gasteiger partial charge in [0, 0.05) is 19.2 Å². The van der Waals surface area contributed by atoms with Crippen LogP contribution in [0.15, 0.2) is 47.1 Å². The molecule has 0 saturated carbocycles. The van der Waals surface area contributed by atoms with E-state index < -0.39 is 18.0 Å². The van der Waals surface area contributed by atoms with Crippen LogP contribution in [0.1, 0.15) is 16.8 Å². The van der Waals surface area contributed by atoms with E-state index in [1.165, 1.54) is 23.1 Å². The second-order valence-electron chi connectivity index (χ2n) is 5.61. The molecule has 1 aliphatic heterocycles.